The van der Waals surface area contributed by atoms with Crippen molar-refractivity contribution >= 4 is 36.8 Å². The second kappa shape index (κ2) is 8.57. The van der Waals surface area contributed by atoms with Crippen LogP contribution >= 0.6 is 15.6 Å². The Kier molecular flexibility index (Phi) is 5.72. The summed E-state index contributed by atoms with van der Waals surface area (Å²) in [6.45, 7) is 0. The van der Waals surface area contributed by atoms with Crippen LogP contribution < -0.4 is 21.2 Å². The van der Waals surface area contributed by atoms with Gasteiger partial charge in [-0.05, 0) is 11.1 Å². The molecule has 0 amide bonds. The molecule has 2 nitrogen and oxygen atoms in total. The van der Waals surface area contributed by atoms with Gasteiger partial charge in [0.1, 0.15) is 15.6 Å². The topological polar surface area (TPSA) is 34.1 Å². The predicted molar refractivity (Wildman–Crippen MR) is 121 cm³/mol. The second-order valence-electron chi connectivity index (χ2n) is 6.54. The SMILES string of the molecule is O=[PH](c1ccccc1)c1ccc(-c2ccc([PH](=O)c3ccccc3)cc2)cc1. The van der Waals surface area contributed by atoms with Crippen LogP contribution in [-0.4, -0.2) is 0 Å². The molecule has 2 unspecified atom stereocenters. The quantitative estimate of drug-likeness (QED) is 0.465. The number of hydrogen-bond acceptors (Lipinski definition) is 2. The Bertz CT molecular complexity index is 1010. The van der Waals surface area contributed by atoms with Crippen LogP contribution in [-0.2, 0) is 9.13 Å². The fourth-order valence-electron chi connectivity index (χ4n) is 3.14. The van der Waals surface area contributed by atoms with Gasteiger partial charge >= 0.3 is 0 Å². The highest BCUT2D eigenvalue weighted by atomic mass is 31.1. The summed E-state index contributed by atoms with van der Waals surface area (Å²) >= 11 is 0. The zero-order valence-corrected chi connectivity index (χ0v) is 17.2. The maximum absolute atomic E-state index is 12.7. The highest BCUT2D eigenvalue weighted by molar-refractivity contribution is 7.61. The Morgan fingerprint density at radius 2 is 0.643 bits per heavy atom. The van der Waals surface area contributed by atoms with Gasteiger partial charge in [-0.15, -0.1) is 0 Å². The lowest BCUT2D eigenvalue weighted by Crippen LogP contribution is -2.06. The molecule has 0 fully saturated rings. The maximum atomic E-state index is 12.7. The van der Waals surface area contributed by atoms with E-state index in [1.54, 1.807) is 0 Å². The van der Waals surface area contributed by atoms with Crippen molar-refractivity contribution in [1.82, 2.24) is 0 Å². The van der Waals surface area contributed by atoms with E-state index in [0.29, 0.717) is 0 Å². The highest BCUT2D eigenvalue weighted by Crippen LogP contribution is 2.25. The van der Waals surface area contributed by atoms with Crippen molar-refractivity contribution in [3.63, 3.8) is 0 Å². The fraction of sp³-hybridized carbons (Fsp3) is 0. The van der Waals surface area contributed by atoms with Crippen molar-refractivity contribution < 1.29 is 9.13 Å². The minimum atomic E-state index is -1.98. The lowest BCUT2D eigenvalue weighted by molar-refractivity contribution is 0.597. The van der Waals surface area contributed by atoms with Gasteiger partial charge in [0.05, 0.1) is 0 Å². The van der Waals surface area contributed by atoms with E-state index >= 15 is 0 Å². The molecule has 0 aliphatic heterocycles. The minimum absolute atomic E-state index is 0.853. The Labute approximate surface area is 166 Å². The Balaban J connectivity index is 1.53. The van der Waals surface area contributed by atoms with E-state index in [4.69, 9.17) is 0 Å². The van der Waals surface area contributed by atoms with E-state index in [1.807, 2.05) is 109 Å². The molecule has 4 aromatic carbocycles. The van der Waals surface area contributed by atoms with Gasteiger partial charge in [-0.1, -0.05) is 109 Å². The molecule has 0 aliphatic rings. The Morgan fingerprint density at radius 3 is 0.964 bits per heavy atom. The first-order valence-electron chi connectivity index (χ1n) is 9.12. The molecule has 0 aromatic heterocycles. The third-order valence-electron chi connectivity index (χ3n) is 4.70. The van der Waals surface area contributed by atoms with E-state index in [1.165, 1.54) is 0 Å². The summed E-state index contributed by atoms with van der Waals surface area (Å²) in [5, 5.41) is 3.45. The van der Waals surface area contributed by atoms with Gasteiger partial charge in [-0.2, -0.15) is 0 Å². The van der Waals surface area contributed by atoms with E-state index in [9.17, 15) is 9.13 Å². The van der Waals surface area contributed by atoms with Crippen LogP contribution in [0.3, 0.4) is 0 Å². The average Bonchev–Trinajstić information content (AvgIpc) is 2.79. The molecular formula is C24H20O2P2. The first kappa shape index (κ1) is 18.7. The van der Waals surface area contributed by atoms with Crippen LogP contribution in [0.5, 0.6) is 0 Å². The van der Waals surface area contributed by atoms with Crippen molar-refractivity contribution in [3.05, 3.63) is 109 Å². The lowest BCUT2D eigenvalue weighted by Gasteiger charge is -2.07. The summed E-state index contributed by atoms with van der Waals surface area (Å²) in [6, 6.07) is 34.8. The summed E-state index contributed by atoms with van der Waals surface area (Å²) in [5.74, 6) is 0. The normalized spacial score (nSPS) is 13.0. The van der Waals surface area contributed by atoms with Crippen LogP contribution in [0, 0.1) is 0 Å². The molecule has 0 saturated heterocycles. The maximum Gasteiger partial charge on any atom is 0.131 e. The molecule has 0 spiro atoms. The van der Waals surface area contributed by atoms with Gasteiger partial charge in [-0.25, -0.2) is 0 Å². The van der Waals surface area contributed by atoms with Gasteiger partial charge in [0.15, 0.2) is 0 Å². The molecule has 28 heavy (non-hydrogen) atoms. The molecule has 0 bridgehead atoms. The van der Waals surface area contributed by atoms with Gasteiger partial charge in [0, 0.05) is 21.2 Å². The molecule has 0 radical (unpaired) electrons. The van der Waals surface area contributed by atoms with Crippen LogP contribution in [0.2, 0.25) is 0 Å². The molecule has 0 aliphatic carbocycles. The summed E-state index contributed by atoms with van der Waals surface area (Å²) in [5.41, 5.74) is 2.11. The fourth-order valence-corrected chi connectivity index (χ4v) is 5.74. The van der Waals surface area contributed by atoms with Crippen LogP contribution in [0.15, 0.2) is 109 Å². The third kappa shape index (κ3) is 4.09. The van der Waals surface area contributed by atoms with Crippen molar-refractivity contribution in [3.8, 4) is 11.1 Å². The molecule has 0 saturated carbocycles. The summed E-state index contributed by atoms with van der Waals surface area (Å²) in [7, 11) is -3.96. The number of rotatable bonds is 5. The Morgan fingerprint density at radius 1 is 0.357 bits per heavy atom. The monoisotopic (exact) mass is 402 g/mol. The van der Waals surface area contributed by atoms with Crippen molar-refractivity contribution in [2.24, 2.45) is 0 Å². The molecule has 4 aromatic rings. The zero-order chi connectivity index (χ0) is 19.3. The molecule has 4 rings (SSSR count). The predicted octanol–water partition coefficient (Wildman–Crippen LogP) is 4.37. The zero-order valence-electron chi connectivity index (χ0n) is 15.2. The molecule has 2 atom stereocenters. The smallest absolute Gasteiger partial charge is 0.131 e. The molecule has 0 heterocycles. The van der Waals surface area contributed by atoms with Crippen LogP contribution in [0.1, 0.15) is 0 Å². The first-order chi connectivity index (χ1) is 13.7. The van der Waals surface area contributed by atoms with E-state index in [0.717, 1.165) is 32.3 Å². The van der Waals surface area contributed by atoms with Gasteiger partial charge < -0.3 is 9.13 Å². The van der Waals surface area contributed by atoms with Crippen molar-refractivity contribution in [2.75, 3.05) is 0 Å². The second-order valence-corrected chi connectivity index (χ2v) is 10.2. The van der Waals surface area contributed by atoms with Crippen LogP contribution in [0.4, 0.5) is 0 Å². The first-order valence-corrected chi connectivity index (χ1v) is 11.9. The highest BCUT2D eigenvalue weighted by Gasteiger charge is 2.08. The van der Waals surface area contributed by atoms with Gasteiger partial charge in [-0.3, -0.25) is 0 Å². The number of benzene rings is 4. The van der Waals surface area contributed by atoms with Crippen molar-refractivity contribution in [2.45, 2.75) is 0 Å². The molecular weight excluding hydrogens is 382 g/mol. The third-order valence-corrected chi connectivity index (χ3v) is 8.13. The minimum Gasteiger partial charge on any atom is -0.317 e. The summed E-state index contributed by atoms with van der Waals surface area (Å²) in [6.07, 6.45) is 0. The standard InChI is InChI=1S/C24H20O2P2/c25-27(21-7-3-1-4-8-21)23-15-11-19(12-16-23)20-13-17-24(18-14-20)28(26)22-9-5-2-6-10-22/h1-18,27-28H. The Hall–Kier alpha value is -2.66. The number of hydrogen-bond donors (Lipinski definition) is 0. The largest absolute Gasteiger partial charge is 0.317 e. The van der Waals surface area contributed by atoms with E-state index in [-0.39, 0.29) is 0 Å². The summed E-state index contributed by atoms with van der Waals surface area (Å²) < 4.78 is 25.4. The average molecular weight is 402 g/mol. The summed E-state index contributed by atoms with van der Waals surface area (Å²) in [4.78, 5) is 0. The van der Waals surface area contributed by atoms with Crippen LogP contribution in [0.25, 0.3) is 11.1 Å². The molecule has 0 N–H and O–H groups in total. The lowest BCUT2D eigenvalue weighted by atomic mass is 10.1. The van der Waals surface area contributed by atoms with Gasteiger partial charge in [0.2, 0.25) is 0 Å². The van der Waals surface area contributed by atoms with E-state index < -0.39 is 15.6 Å². The van der Waals surface area contributed by atoms with Gasteiger partial charge in [0.25, 0.3) is 0 Å². The van der Waals surface area contributed by atoms with Crippen molar-refractivity contribution in [1.29, 1.82) is 0 Å². The molecule has 4 heteroatoms. The molecule has 138 valence electrons. The van der Waals surface area contributed by atoms with E-state index in [2.05, 4.69) is 0 Å².